The van der Waals surface area contributed by atoms with E-state index in [0.717, 1.165) is 29.3 Å². The zero-order valence-electron chi connectivity index (χ0n) is 12.9. The minimum atomic E-state index is -0.485. The molecule has 0 bridgehead atoms. The fourth-order valence-electron chi connectivity index (χ4n) is 2.06. The number of rotatable bonds is 5. The molecule has 7 nitrogen and oxygen atoms in total. The number of nitrogens with one attached hydrogen (secondary N) is 1. The molecular formula is C15H15N3O4S2. The van der Waals surface area contributed by atoms with Gasteiger partial charge in [0, 0.05) is 18.0 Å². The molecule has 0 unspecified atom stereocenters. The number of ether oxygens (including phenoxy) is 2. The molecule has 0 spiro atoms. The molecule has 1 saturated heterocycles. The Labute approximate surface area is 146 Å². The fourth-order valence-corrected chi connectivity index (χ4v) is 3.88. The van der Waals surface area contributed by atoms with Crippen molar-refractivity contribution in [3.8, 4) is 5.88 Å². The smallest absolute Gasteiger partial charge is 0.349 e. The van der Waals surface area contributed by atoms with Crippen LogP contribution in [0.25, 0.3) is 0 Å². The van der Waals surface area contributed by atoms with Gasteiger partial charge in [-0.1, -0.05) is 11.3 Å². The SMILES string of the molecule is COC(=O)c1cnc(NC(=O)c2ccc(O[C@@H]3CCSC3)nc2)s1. The van der Waals surface area contributed by atoms with Crippen LogP contribution in [0.1, 0.15) is 26.5 Å². The van der Waals surface area contributed by atoms with E-state index in [2.05, 4.69) is 20.0 Å². The van der Waals surface area contributed by atoms with Crippen molar-refractivity contribution in [3.63, 3.8) is 0 Å². The molecule has 1 fully saturated rings. The molecule has 2 aromatic rings. The number of thioether (sulfide) groups is 1. The Morgan fingerprint density at radius 3 is 2.83 bits per heavy atom. The van der Waals surface area contributed by atoms with Crippen LogP contribution in [-0.2, 0) is 4.74 Å². The maximum atomic E-state index is 12.2. The van der Waals surface area contributed by atoms with E-state index in [9.17, 15) is 9.59 Å². The van der Waals surface area contributed by atoms with E-state index >= 15 is 0 Å². The molecule has 1 amide bonds. The molecule has 126 valence electrons. The summed E-state index contributed by atoms with van der Waals surface area (Å²) in [7, 11) is 1.29. The van der Waals surface area contributed by atoms with Gasteiger partial charge in [0.25, 0.3) is 5.91 Å². The lowest BCUT2D eigenvalue weighted by Gasteiger charge is -2.11. The molecule has 3 heterocycles. The van der Waals surface area contributed by atoms with Crippen LogP contribution in [0.2, 0.25) is 0 Å². The lowest BCUT2D eigenvalue weighted by molar-refractivity contribution is 0.0606. The van der Waals surface area contributed by atoms with Crippen molar-refractivity contribution in [1.29, 1.82) is 0 Å². The van der Waals surface area contributed by atoms with Crippen LogP contribution < -0.4 is 10.1 Å². The molecule has 9 heteroatoms. The van der Waals surface area contributed by atoms with Gasteiger partial charge >= 0.3 is 5.97 Å². The highest BCUT2D eigenvalue weighted by atomic mass is 32.2. The summed E-state index contributed by atoms with van der Waals surface area (Å²) in [5.74, 6) is 1.75. The van der Waals surface area contributed by atoms with Crippen LogP contribution in [0.15, 0.2) is 24.5 Å². The lowest BCUT2D eigenvalue weighted by Crippen LogP contribution is -2.16. The molecule has 0 saturated carbocycles. The van der Waals surface area contributed by atoms with Crippen molar-refractivity contribution < 1.29 is 19.1 Å². The second-order valence-electron chi connectivity index (χ2n) is 4.96. The summed E-state index contributed by atoms with van der Waals surface area (Å²) in [5.41, 5.74) is 0.387. The van der Waals surface area contributed by atoms with Crippen molar-refractivity contribution in [1.82, 2.24) is 9.97 Å². The highest BCUT2D eigenvalue weighted by Crippen LogP contribution is 2.22. The molecule has 0 aliphatic carbocycles. The third kappa shape index (κ3) is 4.04. The van der Waals surface area contributed by atoms with Crippen LogP contribution in [0.3, 0.4) is 0 Å². The summed E-state index contributed by atoms with van der Waals surface area (Å²) < 4.78 is 10.3. The van der Waals surface area contributed by atoms with Gasteiger partial charge in [0.15, 0.2) is 5.13 Å². The van der Waals surface area contributed by atoms with E-state index in [1.165, 1.54) is 19.5 Å². The largest absolute Gasteiger partial charge is 0.473 e. The maximum Gasteiger partial charge on any atom is 0.349 e. The molecule has 0 aromatic carbocycles. The van der Waals surface area contributed by atoms with Crippen molar-refractivity contribution in [2.75, 3.05) is 23.9 Å². The average Bonchev–Trinajstić information content (AvgIpc) is 3.27. The number of carbonyl (C=O) groups is 2. The zero-order valence-corrected chi connectivity index (χ0v) is 14.5. The summed E-state index contributed by atoms with van der Waals surface area (Å²) in [6.07, 6.45) is 4.03. The van der Waals surface area contributed by atoms with E-state index in [1.54, 1.807) is 12.1 Å². The third-order valence-corrected chi connectivity index (χ3v) is 5.31. The Hall–Kier alpha value is -2.13. The Morgan fingerprint density at radius 1 is 1.29 bits per heavy atom. The summed E-state index contributed by atoms with van der Waals surface area (Å²) in [6, 6.07) is 3.33. The van der Waals surface area contributed by atoms with Gasteiger partial charge < -0.3 is 9.47 Å². The second-order valence-corrected chi connectivity index (χ2v) is 7.14. The second kappa shape index (κ2) is 7.63. The first kappa shape index (κ1) is 16.7. The molecule has 3 rings (SSSR count). The Bertz CT molecular complexity index is 727. The molecule has 1 aliphatic heterocycles. The van der Waals surface area contributed by atoms with E-state index < -0.39 is 5.97 Å². The molecule has 1 atom stereocenters. The van der Waals surface area contributed by atoms with Crippen LogP contribution in [-0.4, -0.2) is 46.6 Å². The number of nitrogens with zero attached hydrogens (tertiary/aromatic N) is 2. The number of hydrogen-bond acceptors (Lipinski definition) is 8. The molecule has 24 heavy (non-hydrogen) atoms. The van der Waals surface area contributed by atoms with E-state index in [1.807, 2.05) is 11.8 Å². The van der Waals surface area contributed by atoms with Gasteiger partial charge in [-0.05, 0) is 18.2 Å². The van der Waals surface area contributed by atoms with Gasteiger partial charge in [-0.15, -0.1) is 0 Å². The van der Waals surface area contributed by atoms with Gasteiger partial charge in [-0.2, -0.15) is 11.8 Å². The highest BCUT2D eigenvalue weighted by Gasteiger charge is 2.18. The molecule has 1 aliphatic rings. The van der Waals surface area contributed by atoms with Gasteiger partial charge in [-0.3, -0.25) is 10.1 Å². The topological polar surface area (TPSA) is 90.4 Å². The first-order valence-corrected chi connectivity index (χ1v) is 9.19. The summed E-state index contributed by atoms with van der Waals surface area (Å²) in [5, 5.41) is 2.95. The first-order valence-electron chi connectivity index (χ1n) is 7.21. The maximum absolute atomic E-state index is 12.2. The number of esters is 1. The average molecular weight is 365 g/mol. The summed E-state index contributed by atoms with van der Waals surface area (Å²) in [4.78, 5) is 32.0. The summed E-state index contributed by atoms with van der Waals surface area (Å²) in [6.45, 7) is 0. The van der Waals surface area contributed by atoms with Gasteiger partial charge in [0.05, 0.1) is 18.9 Å². The fraction of sp³-hybridized carbons (Fsp3) is 0.333. The van der Waals surface area contributed by atoms with E-state index in [0.29, 0.717) is 21.5 Å². The lowest BCUT2D eigenvalue weighted by atomic mass is 10.2. The minimum Gasteiger partial charge on any atom is -0.473 e. The summed E-state index contributed by atoms with van der Waals surface area (Å²) >= 11 is 2.91. The predicted octanol–water partition coefficient (Wildman–Crippen LogP) is 2.46. The van der Waals surface area contributed by atoms with Gasteiger partial charge in [0.2, 0.25) is 5.88 Å². The van der Waals surface area contributed by atoms with Crippen LogP contribution >= 0.6 is 23.1 Å². The van der Waals surface area contributed by atoms with Crippen LogP contribution in [0.5, 0.6) is 5.88 Å². The van der Waals surface area contributed by atoms with Crippen molar-refractivity contribution in [3.05, 3.63) is 35.0 Å². The molecular weight excluding hydrogens is 350 g/mol. The van der Waals surface area contributed by atoms with Gasteiger partial charge in [-0.25, -0.2) is 14.8 Å². The quantitative estimate of drug-likeness (QED) is 0.814. The number of anilines is 1. The normalized spacial score (nSPS) is 16.6. The number of thiazole rings is 1. The standard InChI is InChI=1S/C15H15N3O4S2/c1-21-14(20)11-7-17-15(24-11)18-13(19)9-2-3-12(16-6-9)22-10-4-5-23-8-10/h2-3,6-7,10H,4-5,8H2,1H3,(H,17,18,19)/t10-/m1/s1. The Balaban J connectivity index is 1.60. The number of hydrogen-bond donors (Lipinski definition) is 1. The highest BCUT2D eigenvalue weighted by molar-refractivity contribution is 7.99. The van der Waals surface area contributed by atoms with Crippen molar-refractivity contribution >= 4 is 40.1 Å². The van der Waals surface area contributed by atoms with Crippen molar-refractivity contribution in [2.24, 2.45) is 0 Å². The van der Waals surface area contributed by atoms with Crippen LogP contribution in [0.4, 0.5) is 5.13 Å². The number of pyridine rings is 1. The number of amides is 1. The Kier molecular flexibility index (Phi) is 5.31. The zero-order chi connectivity index (χ0) is 16.9. The van der Waals surface area contributed by atoms with Crippen molar-refractivity contribution in [2.45, 2.75) is 12.5 Å². The molecule has 2 aromatic heterocycles. The first-order chi connectivity index (χ1) is 11.7. The van der Waals surface area contributed by atoms with E-state index in [-0.39, 0.29) is 12.0 Å². The Morgan fingerprint density at radius 2 is 2.17 bits per heavy atom. The minimum absolute atomic E-state index is 0.189. The van der Waals surface area contributed by atoms with Crippen LogP contribution in [0, 0.1) is 0 Å². The monoisotopic (exact) mass is 365 g/mol. The number of methoxy groups -OCH3 is 1. The predicted molar refractivity (Wildman–Crippen MR) is 92.0 cm³/mol. The van der Waals surface area contributed by atoms with E-state index in [4.69, 9.17) is 4.74 Å². The number of carbonyl (C=O) groups excluding carboxylic acids is 2. The number of aromatic nitrogens is 2. The molecule has 0 radical (unpaired) electrons. The third-order valence-electron chi connectivity index (χ3n) is 3.29. The molecule has 1 N–H and O–H groups in total. The van der Waals surface area contributed by atoms with Gasteiger partial charge in [0.1, 0.15) is 11.0 Å².